The zero-order valence-electron chi connectivity index (χ0n) is 10.9. The second-order valence-electron chi connectivity index (χ2n) is 4.94. The first kappa shape index (κ1) is 12.3. The molecule has 4 heteroatoms. The van der Waals surface area contributed by atoms with Gasteiger partial charge in [-0.1, -0.05) is 6.92 Å². The molecule has 0 saturated carbocycles. The third kappa shape index (κ3) is 2.57. The smallest absolute Gasteiger partial charge is 0.141 e. The van der Waals surface area contributed by atoms with E-state index in [1.807, 2.05) is 24.6 Å². The van der Waals surface area contributed by atoms with Gasteiger partial charge < -0.3 is 5.32 Å². The summed E-state index contributed by atoms with van der Waals surface area (Å²) in [4.78, 5) is 12.2. The summed E-state index contributed by atoms with van der Waals surface area (Å²) in [5.41, 5.74) is 2.04. The molecule has 1 aromatic rings. The highest BCUT2D eigenvalue weighted by molar-refractivity contribution is 5.83. The third-order valence-corrected chi connectivity index (χ3v) is 3.67. The summed E-state index contributed by atoms with van der Waals surface area (Å²) >= 11 is 0. The molecule has 0 spiro atoms. The zero-order valence-corrected chi connectivity index (χ0v) is 10.9. The summed E-state index contributed by atoms with van der Waals surface area (Å²) in [6.07, 6.45) is 0.520. The Kier molecular flexibility index (Phi) is 3.62. The molecule has 1 unspecified atom stereocenters. The number of aromatic nitrogens is 2. The van der Waals surface area contributed by atoms with E-state index in [1.54, 1.807) is 0 Å². The van der Waals surface area contributed by atoms with Gasteiger partial charge in [-0.2, -0.15) is 5.10 Å². The van der Waals surface area contributed by atoms with Crippen molar-refractivity contribution in [2.45, 2.75) is 33.7 Å². The van der Waals surface area contributed by atoms with E-state index in [-0.39, 0.29) is 5.92 Å². The second kappa shape index (κ2) is 5.00. The van der Waals surface area contributed by atoms with E-state index >= 15 is 0 Å². The lowest BCUT2D eigenvalue weighted by atomic mass is 9.84. The predicted octanol–water partition coefficient (Wildman–Crippen LogP) is 1.18. The summed E-state index contributed by atoms with van der Waals surface area (Å²) < 4.78 is 1.93. The Morgan fingerprint density at radius 3 is 2.88 bits per heavy atom. The van der Waals surface area contributed by atoms with Gasteiger partial charge in [0.15, 0.2) is 0 Å². The van der Waals surface area contributed by atoms with Crippen LogP contribution in [-0.2, 0) is 17.8 Å². The molecule has 0 radical (unpaired) electrons. The molecule has 4 nitrogen and oxygen atoms in total. The van der Waals surface area contributed by atoms with Crippen LogP contribution < -0.4 is 5.32 Å². The number of carbonyl (C=O) groups is 1. The maximum Gasteiger partial charge on any atom is 0.141 e. The number of aryl methyl sites for hydroxylation is 2. The molecule has 1 aromatic heterocycles. The summed E-state index contributed by atoms with van der Waals surface area (Å²) in [5.74, 6) is 1.03. The molecule has 1 N–H and O–H groups in total. The fraction of sp³-hybridized carbons (Fsp3) is 0.692. The van der Waals surface area contributed by atoms with Crippen molar-refractivity contribution in [3.8, 4) is 0 Å². The molecule has 0 bridgehead atoms. The first-order valence-electron chi connectivity index (χ1n) is 6.38. The van der Waals surface area contributed by atoms with E-state index < -0.39 is 0 Å². The topological polar surface area (TPSA) is 46.9 Å². The number of nitrogens with zero attached hydrogens (tertiary/aromatic N) is 2. The SMILES string of the molecule is CCn1nc(C)cc1CC(=O)C(C)C1CNC1. The van der Waals surface area contributed by atoms with Crippen molar-refractivity contribution in [3.05, 3.63) is 17.5 Å². The molecule has 17 heavy (non-hydrogen) atoms. The molecule has 2 heterocycles. The van der Waals surface area contributed by atoms with Crippen LogP contribution in [0, 0.1) is 18.8 Å². The molecule has 94 valence electrons. The van der Waals surface area contributed by atoms with Crippen LogP contribution >= 0.6 is 0 Å². The molecule has 2 rings (SSSR count). The number of Topliss-reactive ketones (excluding diaryl/α,β-unsaturated/α-hetero) is 1. The van der Waals surface area contributed by atoms with Gasteiger partial charge in [0.25, 0.3) is 0 Å². The fourth-order valence-electron chi connectivity index (χ4n) is 2.28. The largest absolute Gasteiger partial charge is 0.316 e. The minimum atomic E-state index is 0.164. The van der Waals surface area contributed by atoms with Gasteiger partial charge >= 0.3 is 0 Å². The number of ketones is 1. The van der Waals surface area contributed by atoms with E-state index in [0.717, 1.165) is 31.0 Å². The highest BCUT2D eigenvalue weighted by Crippen LogP contribution is 2.19. The van der Waals surface area contributed by atoms with Gasteiger partial charge in [-0.05, 0) is 38.9 Å². The van der Waals surface area contributed by atoms with Crippen LogP contribution in [0.1, 0.15) is 25.2 Å². The van der Waals surface area contributed by atoms with Gasteiger partial charge in [0.2, 0.25) is 0 Å². The Balaban J connectivity index is 2.01. The average Bonchev–Trinajstić information content (AvgIpc) is 2.56. The second-order valence-corrected chi connectivity index (χ2v) is 4.94. The van der Waals surface area contributed by atoms with E-state index in [0.29, 0.717) is 18.1 Å². The fourth-order valence-corrected chi connectivity index (χ4v) is 2.28. The van der Waals surface area contributed by atoms with Crippen LogP contribution in [0.2, 0.25) is 0 Å². The van der Waals surface area contributed by atoms with E-state index in [2.05, 4.69) is 17.3 Å². The van der Waals surface area contributed by atoms with Crippen LogP contribution in [0.4, 0.5) is 0 Å². The van der Waals surface area contributed by atoms with Crippen molar-refractivity contribution in [1.82, 2.24) is 15.1 Å². The lowest BCUT2D eigenvalue weighted by Gasteiger charge is -2.31. The standard InChI is InChI=1S/C13H21N3O/c1-4-16-12(5-9(2)15-16)6-13(17)10(3)11-7-14-8-11/h5,10-11,14H,4,6-8H2,1-3H3. The Labute approximate surface area is 102 Å². The van der Waals surface area contributed by atoms with Gasteiger partial charge in [0.1, 0.15) is 5.78 Å². The molecule has 1 fully saturated rings. The van der Waals surface area contributed by atoms with Gasteiger partial charge in [-0.15, -0.1) is 0 Å². The van der Waals surface area contributed by atoms with Gasteiger partial charge in [-0.25, -0.2) is 0 Å². The zero-order chi connectivity index (χ0) is 12.4. The minimum Gasteiger partial charge on any atom is -0.316 e. The van der Waals surface area contributed by atoms with Crippen molar-refractivity contribution in [1.29, 1.82) is 0 Å². The first-order valence-corrected chi connectivity index (χ1v) is 6.38. The lowest BCUT2D eigenvalue weighted by Crippen LogP contribution is -2.47. The van der Waals surface area contributed by atoms with Gasteiger partial charge in [0.05, 0.1) is 5.69 Å². The number of hydrogen-bond acceptors (Lipinski definition) is 3. The first-order chi connectivity index (χ1) is 8.11. The Morgan fingerprint density at radius 2 is 2.35 bits per heavy atom. The van der Waals surface area contributed by atoms with Crippen LogP contribution in [0.25, 0.3) is 0 Å². The summed E-state index contributed by atoms with van der Waals surface area (Å²) in [5, 5.41) is 7.59. The van der Waals surface area contributed by atoms with Gasteiger partial charge in [0, 0.05) is 24.6 Å². The van der Waals surface area contributed by atoms with Crippen LogP contribution in [0.15, 0.2) is 6.07 Å². The number of hydrogen-bond donors (Lipinski definition) is 1. The normalized spacial score (nSPS) is 17.8. The van der Waals surface area contributed by atoms with Crippen LogP contribution in [0.3, 0.4) is 0 Å². The summed E-state index contributed by atoms with van der Waals surface area (Å²) in [6.45, 7) is 8.88. The molecule has 1 atom stereocenters. The minimum absolute atomic E-state index is 0.164. The Hall–Kier alpha value is -1.16. The van der Waals surface area contributed by atoms with Crippen molar-refractivity contribution < 1.29 is 4.79 Å². The quantitative estimate of drug-likeness (QED) is 0.833. The number of rotatable bonds is 5. The Bertz CT molecular complexity index is 407. The Morgan fingerprint density at radius 1 is 1.65 bits per heavy atom. The van der Waals surface area contributed by atoms with Crippen LogP contribution in [0.5, 0.6) is 0 Å². The average molecular weight is 235 g/mol. The monoisotopic (exact) mass is 235 g/mol. The molecule has 0 amide bonds. The highest BCUT2D eigenvalue weighted by Gasteiger charge is 2.28. The van der Waals surface area contributed by atoms with E-state index in [4.69, 9.17) is 0 Å². The maximum absolute atomic E-state index is 12.2. The number of carbonyl (C=O) groups excluding carboxylic acids is 1. The van der Waals surface area contributed by atoms with Crippen molar-refractivity contribution in [3.63, 3.8) is 0 Å². The lowest BCUT2D eigenvalue weighted by molar-refractivity contribution is -0.123. The molecular weight excluding hydrogens is 214 g/mol. The molecule has 1 aliphatic heterocycles. The number of nitrogens with one attached hydrogen (secondary N) is 1. The summed E-state index contributed by atoms with van der Waals surface area (Å²) in [7, 11) is 0. The predicted molar refractivity (Wildman–Crippen MR) is 66.9 cm³/mol. The molecule has 1 aliphatic rings. The molecule has 0 aromatic carbocycles. The van der Waals surface area contributed by atoms with E-state index in [1.165, 1.54) is 0 Å². The van der Waals surface area contributed by atoms with Crippen molar-refractivity contribution in [2.24, 2.45) is 11.8 Å². The van der Waals surface area contributed by atoms with Crippen LogP contribution in [-0.4, -0.2) is 28.7 Å². The molecule has 0 aliphatic carbocycles. The maximum atomic E-state index is 12.2. The third-order valence-electron chi connectivity index (χ3n) is 3.67. The van der Waals surface area contributed by atoms with Gasteiger partial charge in [-0.3, -0.25) is 9.48 Å². The summed E-state index contributed by atoms with van der Waals surface area (Å²) in [6, 6.07) is 2.02. The molecular formula is C13H21N3O. The van der Waals surface area contributed by atoms with Crippen molar-refractivity contribution in [2.75, 3.05) is 13.1 Å². The van der Waals surface area contributed by atoms with E-state index in [9.17, 15) is 4.79 Å². The molecule has 1 saturated heterocycles. The highest BCUT2D eigenvalue weighted by atomic mass is 16.1. The van der Waals surface area contributed by atoms with Crippen molar-refractivity contribution >= 4 is 5.78 Å².